The molecule has 4 nitrogen and oxygen atoms in total. The number of amides is 1. The lowest BCUT2D eigenvalue weighted by atomic mass is 9.96. The Balaban J connectivity index is 1.67. The van der Waals surface area contributed by atoms with Crippen LogP contribution in [0.4, 0.5) is 4.39 Å². The highest BCUT2D eigenvalue weighted by molar-refractivity contribution is 5.76. The monoisotopic (exact) mass is 294 g/mol. The van der Waals surface area contributed by atoms with Crippen molar-refractivity contribution in [2.75, 3.05) is 33.3 Å². The number of nitrogens with one attached hydrogen (secondary N) is 1. The molecule has 1 fully saturated rings. The molecule has 0 aliphatic carbocycles. The molecule has 5 heteroatoms. The lowest BCUT2D eigenvalue weighted by molar-refractivity contribution is -0.131. The molecule has 1 N–H and O–H groups in total. The summed E-state index contributed by atoms with van der Waals surface area (Å²) in [4.78, 5) is 13.8. The average molecular weight is 294 g/mol. The van der Waals surface area contributed by atoms with Gasteiger partial charge in [-0.3, -0.25) is 4.79 Å². The second kappa shape index (κ2) is 7.98. The molecule has 21 heavy (non-hydrogen) atoms. The predicted molar refractivity (Wildman–Crippen MR) is 79.7 cm³/mol. The van der Waals surface area contributed by atoms with Gasteiger partial charge in [-0.25, -0.2) is 4.39 Å². The molecule has 1 amide bonds. The summed E-state index contributed by atoms with van der Waals surface area (Å²) < 4.78 is 18.3. The minimum atomic E-state index is -0.282. The number of halogens is 1. The van der Waals surface area contributed by atoms with E-state index in [0.717, 1.165) is 25.9 Å². The first kappa shape index (κ1) is 15.8. The Morgan fingerprint density at radius 1 is 1.43 bits per heavy atom. The third-order valence-corrected chi connectivity index (χ3v) is 3.80. The van der Waals surface area contributed by atoms with Crippen LogP contribution in [0.1, 0.15) is 19.3 Å². The third-order valence-electron chi connectivity index (χ3n) is 3.80. The van der Waals surface area contributed by atoms with Gasteiger partial charge in [0.05, 0.1) is 6.54 Å². The van der Waals surface area contributed by atoms with Crippen LogP contribution in [0.15, 0.2) is 24.3 Å². The van der Waals surface area contributed by atoms with Crippen molar-refractivity contribution < 1.29 is 13.9 Å². The maximum atomic E-state index is 12.8. The number of hydrogen-bond donors (Lipinski definition) is 1. The second-order valence-electron chi connectivity index (χ2n) is 5.53. The molecular formula is C16H23FN2O2. The zero-order chi connectivity index (χ0) is 15.1. The largest absolute Gasteiger partial charge is 0.492 e. The van der Waals surface area contributed by atoms with Crippen molar-refractivity contribution in [3.63, 3.8) is 0 Å². The van der Waals surface area contributed by atoms with Gasteiger partial charge < -0.3 is 15.0 Å². The zero-order valence-corrected chi connectivity index (χ0v) is 12.5. The molecule has 0 saturated carbocycles. The number of rotatable bonds is 6. The molecule has 0 aromatic heterocycles. The number of nitrogens with zero attached hydrogens (tertiary/aromatic N) is 1. The molecule has 2 rings (SSSR count). The minimum Gasteiger partial charge on any atom is -0.492 e. The van der Waals surface area contributed by atoms with E-state index in [9.17, 15) is 9.18 Å². The Morgan fingerprint density at radius 2 is 2.19 bits per heavy atom. The Bertz CT molecular complexity index is 444. The van der Waals surface area contributed by atoms with Crippen molar-refractivity contribution in [2.45, 2.75) is 19.3 Å². The quantitative estimate of drug-likeness (QED) is 0.873. The van der Waals surface area contributed by atoms with Crippen molar-refractivity contribution in [1.29, 1.82) is 0 Å². The third kappa shape index (κ3) is 5.34. The SMILES string of the molecule is CN(CCOc1ccc(F)cc1)C(=O)CC1CCCNC1. The molecule has 0 bridgehead atoms. The van der Waals surface area contributed by atoms with E-state index in [1.807, 2.05) is 0 Å². The van der Waals surface area contributed by atoms with Gasteiger partial charge in [0.15, 0.2) is 0 Å². The van der Waals surface area contributed by atoms with Crippen LogP contribution in [0.5, 0.6) is 5.75 Å². The summed E-state index contributed by atoms with van der Waals surface area (Å²) in [5, 5.41) is 3.32. The fourth-order valence-electron chi connectivity index (χ4n) is 2.46. The predicted octanol–water partition coefficient (Wildman–Crippen LogP) is 2.05. The molecule has 0 spiro atoms. The van der Waals surface area contributed by atoms with E-state index in [0.29, 0.717) is 31.2 Å². The van der Waals surface area contributed by atoms with Gasteiger partial charge in [0, 0.05) is 13.5 Å². The van der Waals surface area contributed by atoms with Crippen molar-refractivity contribution in [2.24, 2.45) is 5.92 Å². The molecule has 1 aliphatic heterocycles. The smallest absolute Gasteiger partial charge is 0.222 e. The number of carbonyl (C=O) groups is 1. The van der Waals surface area contributed by atoms with Crippen LogP contribution in [0.2, 0.25) is 0 Å². The first-order valence-electron chi connectivity index (χ1n) is 7.48. The molecule has 116 valence electrons. The number of hydrogen-bond acceptors (Lipinski definition) is 3. The lowest BCUT2D eigenvalue weighted by Gasteiger charge is -2.25. The van der Waals surface area contributed by atoms with E-state index in [1.165, 1.54) is 12.1 Å². The highest BCUT2D eigenvalue weighted by Gasteiger charge is 2.18. The highest BCUT2D eigenvalue weighted by Crippen LogP contribution is 2.15. The van der Waals surface area contributed by atoms with Crippen LogP contribution in [-0.4, -0.2) is 44.1 Å². The van der Waals surface area contributed by atoms with Crippen molar-refractivity contribution in [3.8, 4) is 5.75 Å². The first-order valence-corrected chi connectivity index (χ1v) is 7.48. The molecule has 1 heterocycles. The van der Waals surface area contributed by atoms with E-state index in [-0.39, 0.29) is 11.7 Å². The van der Waals surface area contributed by atoms with Crippen LogP contribution in [0.3, 0.4) is 0 Å². The molecule has 1 aromatic carbocycles. The number of ether oxygens (including phenoxy) is 1. The Morgan fingerprint density at radius 3 is 2.86 bits per heavy atom. The van der Waals surface area contributed by atoms with Gasteiger partial charge in [-0.15, -0.1) is 0 Å². The van der Waals surface area contributed by atoms with E-state index in [1.54, 1.807) is 24.1 Å². The Labute approximate surface area is 125 Å². The molecule has 1 atom stereocenters. The Hall–Kier alpha value is -1.62. The van der Waals surface area contributed by atoms with Crippen molar-refractivity contribution >= 4 is 5.91 Å². The van der Waals surface area contributed by atoms with Crippen molar-refractivity contribution in [3.05, 3.63) is 30.1 Å². The van der Waals surface area contributed by atoms with Crippen LogP contribution in [0.25, 0.3) is 0 Å². The van der Waals surface area contributed by atoms with E-state index in [4.69, 9.17) is 4.74 Å². The summed E-state index contributed by atoms with van der Waals surface area (Å²) in [6.07, 6.45) is 2.87. The van der Waals surface area contributed by atoms with Gasteiger partial charge in [0.25, 0.3) is 0 Å². The number of carbonyl (C=O) groups excluding carboxylic acids is 1. The van der Waals surface area contributed by atoms with Gasteiger partial charge in [-0.05, 0) is 56.1 Å². The summed E-state index contributed by atoms with van der Waals surface area (Å²) in [5.41, 5.74) is 0. The van der Waals surface area contributed by atoms with Gasteiger partial charge >= 0.3 is 0 Å². The van der Waals surface area contributed by atoms with Crippen LogP contribution >= 0.6 is 0 Å². The fourth-order valence-corrected chi connectivity index (χ4v) is 2.46. The maximum absolute atomic E-state index is 12.8. The highest BCUT2D eigenvalue weighted by atomic mass is 19.1. The summed E-state index contributed by atoms with van der Waals surface area (Å²) in [5.74, 6) is 0.947. The zero-order valence-electron chi connectivity index (χ0n) is 12.5. The summed E-state index contributed by atoms with van der Waals surface area (Å²) in [7, 11) is 1.80. The summed E-state index contributed by atoms with van der Waals surface area (Å²) in [6.45, 7) is 2.95. The molecule has 0 radical (unpaired) electrons. The van der Waals surface area contributed by atoms with E-state index < -0.39 is 0 Å². The minimum absolute atomic E-state index is 0.159. The van der Waals surface area contributed by atoms with Gasteiger partial charge in [-0.1, -0.05) is 0 Å². The van der Waals surface area contributed by atoms with Gasteiger partial charge in [0.1, 0.15) is 18.2 Å². The fraction of sp³-hybridized carbons (Fsp3) is 0.562. The van der Waals surface area contributed by atoms with Crippen LogP contribution < -0.4 is 10.1 Å². The first-order chi connectivity index (χ1) is 10.1. The Kier molecular flexibility index (Phi) is 5.99. The number of likely N-dealkylation sites (N-methyl/N-ethyl adjacent to an activating group) is 1. The van der Waals surface area contributed by atoms with Crippen LogP contribution in [-0.2, 0) is 4.79 Å². The van der Waals surface area contributed by atoms with E-state index in [2.05, 4.69) is 5.32 Å². The molecule has 1 unspecified atom stereocenters. The van der Waals surface area contributed by atoms with Gasteiger partial charge in [-0.2, -0.15) is 0 Å². The standard InChI is InChI=1S/C16H23FN2O2/c1-19(16(20)11-13-3-2-8-18-12-13)9-10-21-15-6-4-14(17)5-7-15/h4-7,13,18H,2-3,8-12H2,1H3. The molecular weight excluding hydrogens is 271 g/mol. The van der Waals surface area contributed by atoms with Crippen LogP contribution in [0, 0.1) is 11.7 Å². The summed E-state index contributed by atoms with van der Waals surface area (Å²) in [6, 6.07) is 5.90. The molecule has 1 saturated heterocycles. The van der Waals surface area contributed by atoms with Gasteiger partial charge in [0.2, 0.25) is 5.91 Å². The number of piperidine rings is 1. The second-order valence-corrected chi connectivity index (χ2v) is 5.53. The van der Waals surface area contributed by atoms with E-state index >= 15 is 0 Å². The number of benzene rings is 1. The lowest BCUT2D eigenvalue weighted by Crippen LogP contribution is -2.36. The normalized spacial score (nSPS) is 18.3. The molecule has 1 aliphatic rings. The average Bonchev–Trinajstić information content (AvgIpc) is 2.50. The van der Waals surface area contributed by atoms with Crippen molar-refractivity contribution in [1.82, 2.24) is 10.2 Å². The maximum Gasteiger partial charge on any atom is 0.222 e. The summed E-state index contributed by atoms with van der Waals surface area (Å²) >= 11 is 0. The topological polar surface area (TPSA) is 41.6 Å². The molecule has 1 aromatic rings.